The fourth-order valence-electron chi connectivity index (χ4n) is 12.7. The SMILES string of the molecule is COC(=O)[C@@]1(C)CC[C@]2(C)CC[C@]3(C)[C@H](C(=O)C=C4[C@@]5(C)CC[C@H](OC(=O)Cn6c(CCC(=O)O)nc7ccccc76)C(C)(C)[C@@H]5CC[C@]43C)[C@@H]2C1. The highest BCUT2D eigenvalue weighted by atomic mass is 16.5. The third-order valence-corrected chi connectivity index (χ3v) is 16.1. The van der Waals surface area contributed by atoms with E-state index in [1.807, 2.05) is 31.2 Å². The van der Waals surface area contributed by atoms with Crippen LogP contribution in [0, 0.1) is 50.2 Å². The van der Waals surface area contributed by atoms with Gasteiger partial charge in [-0.3, -0.25) is 19.2 Å². The summed E-state index contributed by atoms with van der Waals surface area (Å²) in [6.45, 7) is 16.0. The number of hydrogen-bond donors (Lipinski definition) is 1. The van der Waals surface area contributed by atoms with Crippen LogP contribution in [0.1, 0.15) is 118 Å². The first kappa shape index (κ1) is 36.9. The van der Waals surface area contributed by atoms with Gasteiger partial charge in [-0.05, 0) is 116 Å². The van der Waals surface area contributed by atoms with Crippen molar-refractivity contribution in [1.29, 1.82) is 0 Å². The maximum atomic E-state index is 14.7. The molecule has 0 spiro atoms. The molecule has 0 radical (unpaired) electrons. The molecule has 1 aromatic heterocycles. The van der Waals surface area contributed by atoms with Crippen molar-refractivity contribution in [3.63, 3.8) is 0 Å². The molecule has 9 atom stereocenters. The quantitative estimate of drug-likeness (QED) is 0.285. The van der Waals surface area contributed by atoms with Crippen molar-refractivity contribution < 1.29 is 33.8 Å². The number of allylic oxidation sites excluding steroid dienone is 2. The van der Waals surface area contributed by atoms with Crippen molar-refractivity contribution in [1.82, 2.24) is 9.55 Å². The van der Waals surface area contributed by atoms with Gasteiger partial charge in [0, 0.05) is 17.8 Å². The molecular weight excluding hydrogens is 656 g/mol. The largest absolute Gasteiger partial charge is 0.481 e. The lowest BCUT2D eigenvalue weighted by molar-refractivity contribution is -0.190. The molecule has 52 heavy (non-hydrogen) atoms. The molecule has 1 heterocycles. The van der Waals surface area contributed by atoms with Gasteiger partial charge in [0.2, 0.25) is 0 Å². The first-order valence-electron chi connectivity index (χ1n) is 19.5. The predicted octanol–water partition coefficient (Wildman–Crippen LogP) is 8.12. The topological polar surface area (TPSA) is 125 Å². The molecule has 9 heteroatoms. The van der Waals surface area contributed by atoms with E-state index in [1.54, 1.807) is 4.57 Å². The molecule has 9 nitrogen and oxygen atoms in total. The van der Waals surface area contributed by atoms with Gasteiger partial charge in [-0.2, -0.15) is 0 Å². The standard InChI is InChI=1S/C43H58N2O7/c1-38(2)30-15-18-42(6)31(23-29(46)36-26-24-40(4,37(50)51-8)20-19-39(26,3)21-22-43(36,42)7)41(30,5)17-16-32(38)52-35(49)25-45-28-12-10-9-11-27(28)44-33(45)13-14-34(47)48/h9-12,23,26,30,32,36H,13-22,24-25H2,1-8H3,(H,47,48)/t26-,30-,32-,36-,39+,40-,41-,42+,43+/m0/s1. The molecule has 0 aliphatic heterocycles. The van der Waals surface area contributed by atoms with E-state index in [2.05, 4.69) is 52.6 Å². The Balaban J connectivity index is 1.15. The van der Waals surface area contributed by atoms with Crippen LogP contribution in [0.15, 0.2) is 35.9 Å². The van der Waals surface area contributed by atoms with Crippen LogP contribution < -0.4 is 0 Å². The van der Waals surface area contributed by atoms with Crippen LogP contribution in [0.3, 0.4) is 0 Å². The number of para-hydroxylation sites is 2. The van der Waals surface area contributed by atoms with Crippen molar-refractivity contribution in [3.05, 3.63) is 41.7 Å². The van der Waals surface area contributed by atoms with Crippen LogP contribution in [-0.2, 0) is 41.6 Å². The number of carbonyl (C=O) groups excluding carboxylic acids is 3. The minimum absolute atomic E-state index is 0.0279. The number of hydrogen-bond acceptors (Lipinski definition) is 7. The van der Waals surface area contributed by atoms with E-state index >= 15 is 0 Å². The monoisotopic (exact) mass is 714 g/mol. The maximum Gasteiger partial charge on any atom is 0.326 e. The summed E-state index contributed by atoms with van der Waals surface area (Å²) in [5.41, 5.74) is 1.31. The van der Waals surface area contributed by atoms with Crippen molar-refractivity contribution >= 4 is 34.7 Å². The van der Waals surface area contributed by atoms with Crippen molar-refractivity contribution in [2.45, 2.75) is 132 Å². The number of carboxylic acid groups (broad SMARTS) is 1. The first-order valence-corrected chi connectivity index (χ1v) is 19.5. The summed E-state index contributed by atoms with van der Waals surface area (Å²) < 4.78 is 13.5. The molecule has 1 N–H and O–H groups in total. The van der Waals surface area contributed by atoms with Gasteiger partial charge in [-0.1, -0.05) is 59.2 Å². The number of ether oxygens (including phenoxy) is 2. The number of fused-ring (bicyclic) bond motifs is 8. The Morgan fingerprint density at radius 1 is 0.942 bits per heavy atom. The number of nitrogens with zero attached hydrogens (tertiary/aromatic N) is 2. The van der Waals surface area contributed by atoms with Crippen LogP contribution in [0.5, 0.6) is 0 Å². The Morgan fingerprint density at radius 2 is 1.65 bits per heavy atom. The van der Waals surface area contributed by atoms with Crippen LogP contribution in [0.2, 0.25) is 0 Å². The van der Waals surface area contributed by atoms with Crippen LogP contribution in [0.25, 0.3) is 11.0 Å². The molecule has 0 amide bonds. The zero-order valence-electron chi connectivity index (χ0n) is 32.5. The molecule has 7 rings (SSSR count). The third-order valence-electron chi connectivity index (χ3n) is 16.1. The Kier molecular flexibility index (Phi) is 8.70. The number of benzene rings is 1. The molecular formula is C43H58N2O7. The number of carboxylic acids is 1. The van der Waals surface area contributed by atoms with Crippen LogP contribution >= 0.6 is 0 Å². The lowest BCUT2D eigenvalue weighted by Crippen LogP contribution is -2.65. The summed E-state index contributed by atoms with van der Waals surface area (Å²) in [6, 6.07) is 7.55. The summed E-state index contributed by atoms with van der Waals surface area (Å²) in [5, 5.41) is 9.32. The second-order valence-corrected chi connectivity index (χ2v) is 19.0. The lowest BCUT2D eigenvalue weighted by atomic mass is 9.34. The Labute approximate surface area is 308 Å². The van der Waals surface area contributed by atoms with E-state index in [4.69, 9.17) is 9.47 Å². The van der Waals surface area contributed by atoms with Gasteiger partial charge in [0.05, 0.1) is 30.0 Å². The number of methoxy groups -OCH3 is 1. The van der Waals surface area contributed by atoms with Gasteiger partial charge in [0.15, 0.2) is 5.78 Å². The molecule has 4 saturated carbocycles. The predicted molar refractivity (Wildman–Crippen MR) is 197 cm³/mol. The molecule has 2 aromatic rings. The zero-order valence-corrected chi connectivity index (χ0v) is 32.5. The van der Waals surface area contributed by atoms with Crippen LogP contribution in [0.4, 0.5) is 0 Å². The minimum atomic E-state index is -0.909. The second kappa shape index (κ2) is 12.3. The highest BCUT2D eigenvalue weighted by Gasteiger charge is 2.70. The molecule has 0 unspecified atom stereocenters. The average molecular weight is 715 g/mol. The summed E-state index contributed by atoms with van der Waals surface area (Å²) in [6.07, 6.45) is 9.88. The fraction of sp³-hybridized carbons (Fsp3) is 0.698. The normalized spacial score (nSPS) is 39.3. The van der Waals surface area contributed by atoms with E-state index < -0.39 is 11.4 Å². The minimum Gasteiger partial charge on any atom is -0.481 e. The van der Waals surface area contributed by atoms with Crippen LogP contribution in [-0.4, -0.2) is 51.6 Å². The maximum absolute atomic E-state index is 14.7. The Bertz CT molecular complexity index is 1860. The summed E-state index contributed by atoms with van der Waals surface area (Å²) in [7, 11) is 1.48. The average Bonchev–Trinajstić information content (AvgIpc) is 3.43. The number of esters is 2. The van der Waals surface area contributed by atoms with Gasteiger partial charge >= 0.3 is 17.9 Å². The molecule has 4 fully saturated rings. The third kappa shape index (κ3) is 5.32. The lowest BCUT2D eigenvalue weighted by Gasteiger charge is -2.70. The number of carbonyl (C=O) groups is 4. The van der Waals surface area contributed by atoms with Crippen molar-refractivity contribution in [3.8, 4) is 0 Å². The first-order chi connectivity index (χ1) is 24.3. The van der Waals surface area contributed by atoms with E-state index in [9.17, 15) is 24.3 Å². The molecule has 282 valence electrons. The van der Waals surface area contributed by atoms with Crippen molar-refractivity contribution in [2.24, 2.45) is 50.2 Å². The van der Waals surface area contributed by atoms with Crippen molar-refractivity contribution in [2.75, 3.05) is 7.11 Å². The van der Waals surface area contributed by atoms with E-state index in [0.717, 1.165) is 56.0 Å². The molecule has 1 aromatic carbocycles. The highest BCUT2D eigenvalue weighted by molar-refractivity contribution is 5.95. The smallest absolute Gasteiger partial charge is 0.326 e. The number of ketones is 1. The number of aromatic nitrogens is 2. The Hall–Kier alpha value is -3.49. The molecule has 0 bridgehead atoms. The number of rotatable bonds is 7. The molecule has 5 aliphatic carbocycles. The summed E-state index contributed by atoms with van der Waals surface area (Å²) >= 11 is 0. The Morgan fingerprint density at radius 3 is 2.37 bits per heavy atom. The van der Waals surface area contributed by atoms with E-state index in [1.165, 1.54) is 12.7 Å². The summed E-state index contributed by atoms with van der Waals surface area (Å²) in [5.74, 6) is -0.402. The molecule has 5 aliphatic rings. The van der Waals surface area contributed by atoms with Gasteiger partial charge in [-0.15, -0.1) is 0 Å². The van der Waals surface area contributed by atoms with Gasteiger partial charge in [-0.25, -0.2) is 4.98 Å². The zero-order chi connectivity index (χ0) is 37.6. The fourth-order valence-corrected chi connectivity index (χ4v) is 12.7. The summed E-state index contributed by atoms with van der Waals surface area (Å²) in [4.78, 5) is 57.5. The van der Waals surface area contributed by atoms with Gasteiger partial charge in [0.1, 0.15) is 18.5 Å². The van der Waals surface area contributed by atoms with E-state index in [0.29, 0.717) is 18.7 Å². The van der Waals surface area contributed by atoms with E-state index in [-0.39, 0.29) is 88.0 Å². The second-order valence-electron chi connectivity index (χ2n) is 19.0. The highest BCUT2D eigenvalue weighted by Crippen LogP contribution is 2.75. The molecule has 0 saturated heterocycles. The number of imidazole rings is 1. The van der Waals surface area contributed by atoms with Gasteiger partial charge < -0.3 is 19.1 Å². The number of aliphatic carboxylic acids is 1. The van der Waals surface area contributed by atoms with Gasteiger partial charge in [0.25, 0.3) is 0 Å². The number of aryl methyl sites for hydroxylation is 1.